The van der Waals surface area contributed by atoms with Gasteiger partial charge in [-0.15, -0.1) is 0 Å². The van der Waals surface area contributed by atoms with Crippen LogP contribution in [0.4, 0.5) is 11.4 Å². The molecular formula is C57H40N2. The molecule has 10 aromatic carbocycles. The topological polar surface area (TPSA) is 8.17 Å². The molecule has 0 fully saturated rings. The fourth-order valence-corrected chi connectivity index (χ4v) is 8.99. The largest absolute Gasteiger partial charge is 0.337 e. The number of rotatable bonds is 8. The van der Waals surface area contributed by atoms with Crippen molar-refractivity contribution < 1.29 is 0 Å². The van der Waals surface area contributed by atoms with Crippen molar-refractivity contribution in [2.24, 2.45) is 0 Å². The highest BCUT2D eigenvalue weighted by Gasteiger charge is 2.20. The first kappa shape index (κ1) is 34.6. The molecule has 0 saturated heterocycles. The van der Waals surface area contributed by atoms with E-state index in [-0.39, 0.29) is 0 Å². The van der Waals surface area contributed by atoms with Crippen LogP contribution in [0.5, 0.6) is 0 Å². The normalized spacial score (nSPS) is 11.5. The molecule has 59 heavy (non-hydrogen) atoms. The maximum atomic E-state index is 2.49. The molecule has 0 amide bonds. The van der Waals surface area contributed by atoms with Crippen molar-refractivity contribution in [2.75, 3.05) is 4.90 Å². The number of aromatic nitrogens is 1. The summed E-state index contributed by atoms with van der Waals surface area (Å²) in [5.74, 6) is 0. The number of hydrogen-bond donors (Lipinski definition) is 0. The Morgan fingerprint density at radius 3 is 1.59 bits per heavy atom. The van der Waals surface area contributed by atoms with E-state index in [1.807, 2.05) is 0 Å². The van der Waals surface area contributed by atoms with Crippen molar-refractivity contribution in [1.29, 1.82) is 0 Å². The van der Waals surface area contributed by atoms with Gasteiger partial charge in [-0.25, -0.2) is 0 Å². The Bertz CT molecular complexity index is 3190. The predicted molar refractivity (Wildman–Crippen MR) is 251 cm³/mol. The molecule has 0 saturated carbocycles. The zero-order valence-corrected chi connectivity index (χ0v) is 32.5. The lowest BCUT2D eigenvalue weighted by Crippen LogP contribution is -2.18. The summed E-state index contributed by atoms with van der Waals surface area (Å²) >= 11 is 0. The van der Waals surface area contributed by atoms with Crippen molar-refractivity contribution >= 4 is 54.7 Å². The Morgan fingerprint density at radius 1 is 0.339 bits per heavy atom. The zero-order chi connectivity index (χ0) is 39.1. The molecule has 278 valence electrons. The lowest BCUT2D eigenvalue weighted by molar-refractivity contribution is 0.956. The molecule has 2 nitrogen and oxygen atoms in total. The van der Waals surface area contributed by atoms with E-state index in [0.717, 1.165) is 11.4 Å². The average molecular weight is 753 g/mol. The molecule has 11 aromatic rings. The molecular weight excluding hydrogens is 713 g/mol. The van der Waals surface area contributed by atoms with Crippen molar-refractivity contribution in [1.82, 2.24) is 4.57 Å². The molecule has 0 bridgehead atoms. The van der Waals surface area contributed by atoms with Gasteiger partial charge in [-0.2, -0.15) is 0 Å². The number of hydrogen-bond acceptors (Lipinski definition) is 1. The van der Waals surface area contributed by atoms with Gasteiger partial charge in [0.1, 0.15) is 0 Å². The maximum Gasteiger partial charge on any atom is 0.0547 e. The second-order valence-electron chi connectivity index (χ2n) is 15.3. The summed E-state index contributed by atoms with van der Waals surface area (Å²) in [5, 5.41) is 7.56. The summed E-state index contributed by atoms with van der Waals surface area (Å²) in [4.78, 5) is 2.45. The van der Waals surface area contributed by atoms with Gasteiger partial charge in [-0.1, -0.05) is 182 Å². The fourth-order valence-electron chi connectivity index (χ4n) is 8.99. The Morgan fingerprint density at radius 2 is 0.881 bits per heavy atom. The Labute approximate surface area is 344 Å². The number of para-hydroxylation sites is 2. The van der Waals surface area contributed by atoms with Crippen LogP contribution in [0.3, 0.4) is 0 Å². The van der Waals surface area contributed by atoms with Gasteiger partial charge >= 0.3 is 0 Å². The standard InChI is InChI=1S/C57H40N2/c1-3-14-40(15-4-1)43-28-33-49(34-29-43)58(50-35-30-44(31-36-50)41-16-5-2-6-17-41)39-48-20-9-11-24-53(48)59-54-25-12-10-22-52(54)57-55(59)37-32-45-21-13-23-51(56(45)57)47-27-26-42-18-7-8-19-46(42)38-47/h1-38H,39H2. The van der Waals surface area contributed by atoms with E-state index in [0.29, 0.717) is 6.54 Å². The zero-order valence-electron chi connectivity index (χ0n) is 32.5. The molecule has 0 atom stereocenters. The minimum absolute atomic E-state index is 0.676. The third kappa shape index (κ3) is 6.23. The monoisotopic (exact) mass is 752 g/mol. The molecule has 0 spiro atoms. The van der Waals surface area contributed by atoms with E-state index in [9.17, 15) is 0 Å². The van der Waals surface area contributed by atoms with Gasteiger partial charge in [0.05, 0.1) is 23.3 Å². The van der Waals surface area contributed by atoms with Crippen LogP contribution in [0.15, 0.2) is 231 Å². The molecule has 0 aliphatic heterocycles. The summed E-state index contributed by atoms with van der Waals surface area (Å²) < 4.78 is 2.49. The van der Waals surface area contributed by atoms with E-state index in [1.165, 1.54) is 88.0 Å². The van der Waals surface area contributed by atoms with Gasteiger partial charge in [0.15, 0.2) is 0 Å². The third-order valence-corrected chi connectivity index (χ3v) is 11.9. The van der Waals surface area contributed by atoms with E-state index in [4.69, 9.17) is 0 Å². The molecule has 1 aromatic heterocycles. The predicted octanol–water partition coefficient (Wildman–Crippen LogP) is 15.4. The molecule has 0 unspecified atom stereocenters. The highest BCUT2D eigenvalue weighted by atomic mass is 15.1. The van der Waals surface area contributed by atoms with Crippen molar-refractivity contribution in [3.8, 4) is 39.1 Å². The molecule has 0 N–H and O–H groups in total. The number of benzene rings is 10. The van der Waals surface area contributed by atoms with Gasteiger partial charge in [-0.3, -0.25) is 0 Å². The average Bonchev–Trinajstić information content (AvgIpc) is 3.66. The van der Waals surface area contributed by atoms with Crippen LogP contribution in [0.25, 0.3) is 82.4 Å². The minimum atomic E-state index is 0.676. The van der Waals surface area contributed by atoms with E-state index < -0.39 is 0 Å². The number of anilines is 2. The summed E-state index contributed by atoms with van der Waals surface area (Å²) in [7, 11) is 0. The van der Waals surface area contributed by atoms with Crippen LogP contribution in [0.2, 0.25) is 0 Å². The molecule has 0 aliphatic carbocycles. The van der Waals surface area contributed by atoms with Gasteiger partial charge < -0.3 is 9.47 Å². The number of fused-ring (bicyclic) bond motifs is 6. The summed E-state index contributed by atoms with van der Waals surface area (Å²) in [6, 6.07) is 83.9. The first-order valence-electron chi connectivity index (χ1n) is 20.4. The minimum Gasteiger partial charge on any atom is -0.337 e. The third-order valence-electron chi connectivity index (χ3n) is 11.9. The van der Waals surface area contributed by atoms with E-state index in [2.05, 4.69) is 240 Å². The van der Waals surface area contributed by atoms with Crippen LogP contribution in [0.1, 0.15) is 5.56 Å². The van der Waals surface area contributed by atoms with Crippen molar-refractivity contribution in [3.63, 3.8) is 0 Å². The molecule has 0 radical (unpaired) electrons. The smallest absolute Gasteiger partial charge is 0.0547 e. The van der Waals surface area contributed by atoms with Crippen LogP contribution in [-0.2, 0) is 6.54 Å². The van der Waals surface area contributed by atoms with Gasteiger partial charge in [-0.05, 0) is 109 Å². The maximum absolute atomic E-state index is 2.49. The van der Waals surface area contributed by atoms with Crippen molar-refractivity contribution in [3.05, 3.63) is 236 Å². The van der Waals surface area contributed by atoms with Crippen LogP contribution in [-0.4, -0.2) is 4.57 Å². The van der Waals surface area contributed by atoms with Crippen LogP contribution in [0, 0.1) is 0 Å². The molecule has 1 heterocycles. The SMILES string of the molecule is c1ccc(-c2ccc(N(Cc3ccccc3-n3c4ccccc4c4c5c(-c6ccc7ccccc7c6)cccc5ccc43)c3ccc(-c4ccccc4)cc3)cc2)cc1. The summed E-state index contributed by atoms with van der Waals surface area (Å²) in [6.07, 6.45) is 0. The Kier molecular flexibility index (Phi) is 8.60. The lowest BCUT2D eigenvalue weighted by Gasteiger charge is -2.27. The summed E-state index contributed by atoms with van der Waals surface area (Å²) in [6.45, 7) is 0.676. The quantitative estimate of drug-likeness (QED) is 0.150. The van der Waals surface area contributed by atoms with Gasteiger partial charge in [0.2, 0.25) is 0 Å². The van der Waals surface area contributed by atoms with Crippen LogP contribution >= 0.6 is 0 Å². The Hall–Kier alpha value is -7.68. The highest BCUT2D eigenvalue weighted by Crippen LogP contribution is 2.42. The second-order valence-corrected chi connectivity index (χ2v) is 15.3. The lowest BCUT2D eigenvalue weighted by atomic mass is 9.93. The molecule has 2 heteroatoms. The van der Waals surface area contributed by atoms with E-state index in [1.54, 1.807) is 0 Å². The highest BCUT2D eigenvalue weighted by molar-refractivity contribution is 6.25. The second kappa shape index (κ2) is 14.7. The van der Waals surface area contributed by atoms with Gasteiger partial charge in [0.25, 0.3) is 0 Å². The van der Waals surface area contributed by atoms with E-state index >= 15 is 0 Å². The van der Waals surface area contributed by atoms with Gasteiger partial charge in [0, 0.05) is 22.1 Å². The number of nitrogens with zero attached hydrogens (tertiary/aromatic N) is 2. The first-order valence-corrected chi connectivity index (χ1v) is 20.4. The van der Waals surface area contributed by atoms with Crippen LogP contribution < -0.4 is 4.90 Å². The Balaban J connectivity index is 1.07. The van der Waals surface area contributed by atoms with Crippen molar-refractivity contribution in [2.45, 2.75) is 6.54 Å². The summed E-state index contributed by atoms with van der Waals surface area (Å²) in [5.41, 5.74) is 14.4. The first-order chi connectivity index (χ1) is 29.3. The fraction of sp³-hybridized carbons (Fsp3) is 0.0175. The molecule has 11 rings (SSSR count). The molecule has 0 aliphatic rings.